The highest BCUT2D eigenvalue weighted by Crippen LogP contribution is 2.31. The van der Waals surface area contributed by atoms with Crippen LogP contribution in [0, 0.1) is 6.92 Å². The van der Waals surface area contributed by atoms with Gasteiger partial charge in [0.25, 0.3) is 5.91 Å². The summed E-state index contributed by atoms with van der Waals surface area (Å²) in [5.74, 6) is 0.598. The van der Waals surface area contributed by atoms with E-state index >= 15 is 0 Å². The number of nitrogens with zero attached hydrogens (tertiary/aromatic N) is 2. The zero-order valence-corrected chi connectivity index (χ0v) is 15.5. The molecular weight excluding hydrogens is 344 g/mol. The van der Waals surface area contributed by atoms with Gasteiger partial charge in [-0.2, -0.15) is 0 Å². The molecule has 4 aromatic carbocycles. The fraction of sp³-hybridized carbons (Fsp3) is 0.0400. The second kappa shape index (κ2) is 6.46. The monoisotopic (exact) mass is 362 g/mol. The molecule has 0 radical (unpaired) electrons. The van der Waals surface area contributed by atoms with Crippen LogP contribution in [0.4, 0.5) is 0 Å². The van der Waals surface area contributed by atoms with E-state index in [9.17, 15) is 4.79 Å². The summed E-state index contributed by atoms with van der Waals surface area (Å²) >= 11 is 0. The normalized spacial score (nSPS) is 11.2. The maximum atomic E-state index is 13.5. The van der Waals surface area contributed by atoms with Gasteiger partial charge in [-0.1, -0.05) is 66.7 Å². The van der Waals surface area contributed by atoms with Gasteiger partial charge in [-0.15, -0.1) is 0 Å². The van der Waals surface area contributed by atoms with Gasteiger partial charge in [0.15, 0.2) is 0 Å². The molecule has 5 rings (SSSR count). The van der Waals surface area contributed by atoms with Crippen LogP contribution in [0.2, 0.25) is 0 Å². The van der Waals surface area contributed by atoms with Gasteiger partial charge in [0, 0.05) is 11.1 Å². The Bertz CT molecular complexity index is 1330. The van der Waals surface area contributed by atoms with Crippen molar-refractivity contribution in [1.29, 1.82) is 0 Å². The van der Waals surface area contributed by atoms with Crippen LogP contribution < -0.4 is 0 Å². The number of hydrogen-bond acceptors (Lipinski definition) is 2. The van der Waals surface area contributed by atoms with Crippen molar-refractivity contribution in [2.24, 2.45) is 0 Å². The van der Waals surface area contributed by atoms with Crippen LogP contribution in [-0.2, 0) is 0 Å². The Balaban J connectivity index is 1.85. The van der Waals surface area contributed by atoms with Crippen molar-refractivity contribution in [2.45, 2.75) is 6.92 Å². The zero-order chi connectivity index (χ0) is 19.1. The molecule has 0 amide bonds. The third-order valence-corrected chi connectivity index (χ3v) is 5.06. The summed E-state index contributed by atoms with van der Waals surface area (Å²) in [5.41, 5.74) is 4.36. The molecule has 3 nitrogen and oxygen atoms in total. The quantitative estimate of drug-likeness (QED) is 0.395. The van der Waals surface area contributed by atoms with E-state index in [0.717, 1.165) is 32.9 Å². The van der Waals surface area contributed by atoms with Crippen molar-refractivity contribution in [3.05, 3.63) is 102 Å². The van der Waals surface area contributed by atoms with Crippen molar-refractivity contribution in [3.8, 4) is 11.4 Å². The smallest absolute Gasteiger partial charge is 0.264 e. The lowest BCUT2D eigenvalue weighted by Gasteiger charge is -2.10. The average molecular weight is 362 g/mol. The molecule has 5 aromatic rings. The van der Waals surface area contributed by atoms with Gasteiger partial charge < -0.3 is 0 Å². The number of imidazole rings is 1. The summed E-state index contributed by atoms with van der Waals surface area (Å²) in [4.78, 5) is 18.3. The first-order chi connectivity index (χ1) is 13.7. The molecule has 0 aliphatic rings. The third kappa shape index (κ3) is 2.60. The highest BCUT2D eigenvalue weighted by molar-refractivity contribution is 6.06. The minimum Gasteiger partial charge on any atom is -0.268 e. The maximum Gasteiger partial charge on any atom is 0.264 e. The van der Waals surface area contributed by atoms with Gasteiger partial charge in [0.2, 0.25) is 0 Å². The molecule has 1 aromatic heterocycles. The Morgan fingerprint density at radius 3 is 2.43 bits per heavy atom. The van der Waals surface area contributed by atoms with Crippen molar-refractivity contribution < 1.29 is 4.79 Å². The van der Waals surface area contributed by atoms with E-state index in [-0.39, 0.29) is 5.91 Å². The minimum atomic E-state index is -0.0742. The number of carbonyl (C=O) groups excluding carboxylic acids is 1. The molecule has 0 N–H and O–H groups in total. The summed E-state index contributed by atoms with van der Waals surface area (Å²) in [6.07, 6.45) is 0. The number of fused-ring (bicyclic) bond motifs is 2. The molecule has 3 heteroatoms. The lowest BCUT2D eigenvalue weighted by Crippen LogP contribution is -2.13. The topological polar surface area (TPSA) is 34.9 Å². The van der Waals surface area contributed by atoms with E-state index in [1.165, 1.54) is 0 Å². The summed E-state index contributed by atoms with van der Waals surface area (Å²) < 4.78 is 1.74. The largest absolute Gasteiger partial charge is 0.268 e. The van der Waals surface area contributed by atoms with Crippen LogP contribution in [0.15, 0.2) is 91.0 Å². The fourth-order valence-electron chi connectivity index (χ4n) is 3.71. The first-order valence-electron chi connectivity index (χ1n) is 9.29. The Hall–Kier alpha value is -3.72. The first kappa shape index (κ1) is 16.5. The van der Waals surface area contributed by atoms with Crippen molar-refractivity contribution in [3.63, 3.8) is 0 Å². The summed E-state index contributed by atoms with van der Waals surface area (Å²) in [6.45, 7) is 2.04. The Morgan fingerprint density at radius 1 is 0.821 bits per heavy atom. The van der Waals surface area contributed by atoms with Crippen molar-refractivity contribution >= 4 is 27.7 Å². The molecule has 28 heavy (non-hydrogen) atoms. The van der Waals surface area contributed by atoms with E-state index in [0.29, 0.717) is 11.4 Å². The third-order valence-electron chi connectivity index (χ3n) is 5.06. The molecule has 0 aliphatic carbocycles. The molecule has 0 saturated carbocycles. The van der Waals surface area contributed by atoms with E-state index in [1.54, 1.807) is 4.57 Å². The second-order valence-electron chi connectivity index (χ2n) is 6.96. The van der Waals surface area contributed by atoms with E-state index in [4.69, 9.17) is 4.98 Å². The van der Waals surface area contributed by atoms with Crippen LogP contribution in [0.5, 0.6) is 0 Å². The maximum absolute atomic E-state index is 13.5. The Morgan fingerprint density at radius 2 is 1.57 bits per heavy atom. The van der Waals surface area contributed by atoms with Crippen LogP contribution in [-0.4, -0.2) is 15.5 Å². The second-order valence-corrected chi connectivity index (χ2v) is 6.96. The van der Waals surface area contributed by atoms with E-state index < -0.39 is 0 Å². The van der Waals surface area contributed by atoms with Crippen LogP contribution >= 0.6 is 0 Å². The summed E-state index contributed by atoms with van der Waals surface area (Å²) in [5, 5.41) is 2.21. The number of aryl methyl sites for hydroxylation is 1. The van der Waals surface area contributed by atoms with Gasteiger partial charge in [0.05, 0.1) is 11.0 Å². The molecule has 0 unspecified atom stereocenters. The molecule has 134 valence electrons. The molecule has 0 fully saturated rings. The number of benzene rings is 4. The van der Waals surface area contributed by atoms with Crippen molar-refractivity contribution in [1.82, 2.24) is 9.55 Å². The molecule has 1 heterocycles. The molecule has 0 atom stereocenters. The van der Waals surface area contributed by atoms with Crippen molar-refractivity contribution in [2.75, 3.05) is 0 Å². The van der Waals surface area contributed by atoms with Gasteiger partial charge in [-0.3, -0.25) is 9.36 Å². The number of aromatic nitrogens is 2. The summed E-state index contributed by atoms with van der Waals surface area (Å²) in [7, 11) is 0. The molecule has 0 bridgehead atoms. The molecule has 0 saturated heterocycles. The van der Waals surface area contributed by atoms with Crippen LogP contribution in [0.1, 0.15) is 15.9 Å². The number of carbonyl (C=O) groups is 1. The van der Waals surface area contributed by atoms with Gasteiger partial charge >= 0.3 is 0 Å². The molecule has 0 spiro atoms. The first-order valence-corrected chi connectivity index (χ1v) is 9.29. The lowest BCUT2D eigenvalue weighted by atomic mass is 10.0. The summed E-state index contributed by atoms with van der Waals surface area (Å²) in [6, 6.07) is 29.7. The Labute approximate surface area is 162 Å². The Kier molecular flexibility index (Phi) is 3.80. The van der Waals surface area contributed by atoms with Crippen LogP contribution in [0.25, 0.3) is 33.2 Å². The average Bonchev–Trinajstić information content (AvgIpc) is 3.11. The SMILES string of the molecule is Cc1ccc2c(c1)nc(-c1cccc3ccccc13)n2C(=O)c1ccccc1. The highest BCUT2D eigenvalue weighted by atomic mass is 16.2. The predicted molar refractivity (Wildman–Crippen MR) is 114 cm³/mol. The van der Waals surface area contributed by atoms with Gasteiger partial charge in [-0.05, 0) is 47.5 Å². The van der Waals surface area contributed by atoms with Gasteiger partial charge in [0.1, 0.15) is 5.82 Å². The van der Waals surface area contributed by atoms with E-state index in [1.807, 2.05) is 79.7 Å². The highest BCUT2D eigenvalue weighted by Gasteiger charge is 2.20. The number of hydrogen-bond donors (Lipinski definition) is 0. The van der Waals surface area contributed by atoms with Gasteiger partial charge in [-0.25, -0.2) is 4.98 Å². The van der Waals surface area contributed by atoms with E-state index in [2.05, 4.69) is 18.2 Å². The minimum absolute atomic E-state index is 0.0742. The van der Waals surface area contributed by atoms with Crippen LogP contribution in [0.3, 0.4) is 0 Å². The zero-order valence-electron chi connectivity index (χ0n) is 15.5. The number of rotatable bonds is 2. The standard InChI is InChI=1S/C25H18N2O/c1-17-14-15-23-22(16-17)26-24(27(23)25(28)19-9-3-2-4-10-19)21-13-7-11-18-8-5-6-12-20(18)21/h2-16H,1H3. The molecule has 0 aliphatic heterocycles. The fourth-order valence-corrected chi connectivity index (χ4v) is 3.71. The lowest BCUT2D eigenvalue weighted by molar-refractivity contribution is 0.0966. The molecular formula is C25H18N2O. The predicted octanol–water partition coefficient (Wildman–Crippen LogP) is 5.85.